The number of ether oxygens (including phenoxy) is 4. The predicted octanol–water partition coefficient (Wildman–Crippen LogP) is 4.07. The summed E-state index contributed by atoms with van der Waals surface area (Å²) in [4.78, 5) is 0. The maximum atomic E-state index is 12.0. The van der Waals surface area contributed by atoms with E-state index in [2.05, 4.69) is 6.92 Å². The Morgan fingerprint density at radius 1 is 1.00 bits per heavy atom. The fourth-order valence-corrected chi connectivity index (χ4v) is 2.94. The summed E-state index contributed by atoms with van der Waals surface area (Å²) in [6, 6.07) is 7.69. The van der Waals surface area contributed by atoms with Gasteiger partial charge in [0.25, 0.3) is 6.08 Å². The van der Waals surface area contributed by atoms with Crippen molar-refractivity contribution in [3.8, 4) is 0 Å². The molecule has 0 unspecified atom stereocenters. The van der Waals surface area contributed by atoms with Crippen LogP contribution in [0.3, 0.4) is 0 Å². The molecular weight excluding hydrogens is 330 g/mol. The molecule has 3 rings (SSSR count). The van der Waals surface area contributed by atoms with Gasteiger partial charge >= 0.3 is 0 Å². The van der Waals surface area contributed by atoms with Gasteiger partial charge in [-0.3, -0.25) is 0 Å². The molecule has 0 atom stereocenters. The van der Waals surface area contributed by atoms with Gasteiger partial charge in [-0.25, -0.2) is 0 Å². The number of hydrogen-bond acceptors (Lipinski definition) is 4. The second-order valence-corrected chi connectivity index (χ2v) is 6.67. The SMILES string of the molecule is CC1COC(C2COC(c3ccc(CCC=C(F)F)cc3)OC2)OC1. The minimum absolute atomic E-state index is 0.0745. The molecule has 0 saturated carbocycles. The van der Waals surface area contributed by atoms with Crippen LogP contribution in [0.25, 0.3) is 0 Å². The molecule has 0 aliphatic carbocycles. The van der Waals surface area contributed by atoms with Crippen LogP contribution in [-0.2, 0) is 25.4 Å². The average molecular weight is 354 g/mol. The summed E-state index contributed by atoms with van der Waals surface area (Å²) in [5.41, 5.74) is 1.93. The first-order valence-electron chi connectivity index (χ1n) is 8.68. The van der Waals surface area contributed by atoms with Crippen LogP contribution in [0.4, 0.5) is 8.78 Å². The summed E-state index contributed by atoms with van der Waals surface area (Å²) in [5.74, 6) is 0.496. The van der Waals surface area contributed by atoms with Crippen molar-refractivity contribution in [2.24, 2.45) is 11.8 Å². The van der Waals surface area contributed by atoms with E-state index in [1.165, 1.54) is 0 Å². The third kappa shape index (κ3) is 5.31. The van der Waals surface area contributed by atoms with Crippen molar-refractivity contribution in [2.45, 2.75) is 32.3 Å². The molecule has 0 radical (unpaired) electrons. The number of halogens is 2. The Labute approximate surface area is 146 Å². The Kier molecular flexibility index (Phi) is 6.53. The van der Waals surface area contributed by atoms with E-state index in [9.17, 15) is 8.78 Å². The first-order chi connectivity index (χ1) is 12.1. The number of benzene rings is 1. The van der Waals surface area contributed by atoms with E-state index >= 15 is 0 Å². The van der Waals surface area contributed by atoms with Crippen LogP contribution in [0, 0.1) is 11.8 Å². The van der Waals surface area contributed by atoms with Crippen LogP contribution in [-0.4, -0.2) is 32.7 Å². The summed E-state index contributed by atoms with van der Waals surface area (Å²) in [7, 11) is 0. The average Bonchev–Trinajstić information content (AvgIpc) is 2.63. The van der Waals surface area contributed by atoms with Crippen molar-refractivity contribution in [1.29, 1.82) is 0 Å². The normalized spacial score (nSPS) is 30.0. The molecule has 4 nitrogen and oxygen atoms in total. The Bertz CT molecular complexity index is 555. The van der Waals surface area contributed by atoms with Crippen molar-refractivity contribution in [1.82, 2.24) is 0 Å². The van der Waals surface area contributed by atoms with Crippen LogP contribution in [0.5, 0.6) is 0 Å². The van der Waals surface area contributed by atoms with Crippen LogP contribution >= 0.6 is 0 Å². The van der Waals surface area contributed by atoms with E-state index in [0.29, 0.717) is 45.2 Å². The highest BCUT2D eigenvalue weighted by Gasteiger charge is 2.33. The van der Waals surface area contributed by atoms with Crippen LogP contribution in [0.15, 0.2) is 36.4 Å². The maximum Gasteiger partial charge on any atom is 0.266 e. The second kappa shape index (κ2) is 8.85. The summed E-state index contributed by atoms with van der Waals surface area (Å²) < 4.78 is 47.1. The van der Waals surface area contributed by atoms with E-state index in [0.717, 1.165) is 17.2 Å². The quantitative estimate of drug-likeness (QED) is 0.799. The van der Waals surface area contributed by atoms with Gasteiger partial charge in [0, 0.05) is 11.5 Å². The van der Waals surface area contributed by atoms with E-state index in [1.807, 2.05) is 24.3 Å². The zero-order valence-electron chi connectivity index (χ0n) is 14.3. The standard InChI is InChI=1S/C19H24F2O4/c1-13-9-22-19(23-10-13)16-11-24-18(25-12-16)15-7-5-14(6-8-15)3-2-4-17(20)21/h4-8,13,16,18-19H,2-3,9-12H2,1H3. The van der Waals surface area contributed by atoms with Gasteiger partial charge < -0.3 is 18.9 Å². The summed E-state index contributed by atoms with van der Waals surface area (Å²) in [6.45, 7) is 4.54. The third-order valence-corrected chi connectivity index (χ3v) is 4.38. The number of rotatable bonds is 5. The largest absolute Gasteiger partial charge is 0.352 e. The highest BCUT2D eigenvalue weighted by atomic mass is 19.3. The van der Waals surface area contributed by atoms with Crippen molar-refractivity contribution >= 4 is 0 Å². The fourth-order valence-electron chi connectivity index (χ4n) is 2.94. The molecule has 0 amide bonds. The highest BCUT2D eigenvalue weighted by molar-refractivity contribution is 5.24. The topological polar surface area (TPSA) is 36.9 Å². The zero-order valence-corrected chi connectivity index (χ0v) is 14.3. The number of allylic oxidation sites excluding steroid dienone is 1. The van der Waals surface area contributed by atoms with Gasteiger partial charge in [-0.05, 0) is 24.5 Å². The van der Waals surface area contributed by atoms with Gasteiger partial charge in [-0.2, -0.15) is 8.78 Å². The molecule has 2 fully saturated rings. The lowest BCUT2D eigenvalue weighted by molar-refractivity contribution is -0.281. The molecule has 2 heterocycles. The first-order valence-corrected chi connectivity index (χ1v) is 8.68. The lowest BCUT2D eigenvalue weighted by Crippen LogP contribution is -2.42. The summed E-state index contributed by atoms with van der Waals surface area (Å²) in [5, 5.41) is 0. The third-order valence-electron chi connectivity index (χ3n) is 4.38. The molecular formula is C19H24F2O4. The van der Waals surface area contributed by atoms with Gasteiger partial charge in [-0.1, -0.05) is 31.2 Å². The first kappa shape index (κ1) is 18.5. The summed E-state index contributed by atoms with van der Waals surface area (Å²) >= 11 is 0. The number of hydrogen-bond donors (Lipinski definition) is 0. The van der Waals surface area contributed by atoms with E-state index < -0.39 is 12.4 Å². The Morgan fingerprint density at radius 2 is 1.64 bits per heavy atom. The number of aryl methyl sites for hydroxylation is 1. The molecule has 25 heavy (non-hydrogen) atoms. The lowest BCUT2D eigenvalue weighted by Gasteiger charge is -2.37. The van der Waals surface area contributed by atoms with Gasteiger partial charge in [-0.15, -0.1) is 0 Å². The summed E-state index contributed by atoms with van der Waals surface area (Å²) in [6.07, 6.45) is -0.437. The molecule has 138 valence electrons. The van der Waals surface area contributed by atoms with E-state index in [-0.39, 0.29) is 12.2 Å². The van der Waals surface area contributed by atoms with Gasteiger partial charge in [0.2, 0.25) is 0 Å². The van der Waals surface area contributed by atoms with Gasteiger partial charge in [0.1, 0.15) is 0 Å². The van der Waals surface area contributed by atoms with Crippen molar-refractivity contribution < 1.29 is 27.7 Å². The Balaban J connectivity index is 1.47. The van der Waals surface area contributed by atoms with Crippen LogP contribution < -0.4 is 0 Å². The van der Waals surface area contributed by atoms with Crippen molar-refractivity contribution in [3.05, 3.63) is 47.5 Å². The monoisotopic (exact) mass is 354 g/mol. The van der Waals surface area contributed by atoms with Crippen molar-refractivity contribution in [3.63, 3.8) is 0 Å². The molecule has 0 N–H and O–H groups in total. The molecule has 1 aromatic carbocycles. The maximum absolute atomic E-state index is 12.0. The second-order valence-electron chi connectivity index (χ2n) is 6.67. The predicted molar refractivity (Wildman–Crippen MR) is 88.1 cm³/mol. The fraction of sp³-hybridized carbons (Fsp3) is 0.579. The molecule has 0 spiro atoms. The lowest BCUT2D eigenvalue weighted by atomic mass is 10.1. The molecule has 0 aromatic heterocycles. The molecule has 2 aliphatic heterocycles. The van der Waals surface area contributed by atoms with Gasteiger partial charge in [0.05, 0.1) is 32.3 Å². The molecule has 0 bridgehead atoms. The molecule has 2 saturated heterocycles. The van der Waals surface area contributed by atoms with Crippen molar-refractivity contribution in [2.75, 3.05) is 26.4 Å². The van der Waals surface area contributed by atoms with Crippen LogP contribution in [0.2, 0.25) is 0 Å². The zero-order chi connectivity index (χ0) is 17.6. The molecule has 1 aromatic rings. The Morgan fingerprint density at radius 3 is 2.24 bits per heavy atom. The smallest absolute Gasteiger partial charge is 0.266 e. The van der Waals surface area contributed by atoms with Crippen LogP contribution in [0.1, 0.15) is 30.8 Å². The van der Waals surface area contributed by atoms with E-state index in [4.69, 9.17) is 18.9 Å². The highest BCUT2D eigenvalue weighted by Crippen LogP contribution is 2.29. The minimum atomic E-state index is -1.63. The van der Waals surface area contributed by atoms with Gasteiger partial charge in [0.15, 0.2) is 12.6 Å². The molecule has 2 aliphatic rings. The van der Waals surface area contributed by atoms with E-state index in [1.54, 1.807) is 0 Å². The minimum Gasteiger partial charge on any atom is -0.352 e. The Hall–Kier alpha value is -1.34. The molecule has 6 heteroatoms.